The molecule has 0 spiro atoms. The van der Waals surface area contributed by atoms with Gasteiger partial charge in [0.2, 0.25) is 0 Å². The summed E-state index contributed by atoms with van der Waals surface area (Å²) in [6.45, 7) is 2.03. The molecule has 3 rings (SSSR count). The molecule has 0 atom stereocenters. The minimum Gasteiger partial charge on any atom is -0.397 e. The molecule has 1 saturated heterocycles. The highest BCUT2D eigenvalue weighted by atomic mass is 16.5. The van der Waals surface area contributed by atoms with Gasteiger partial charge in [0, 0.05) is 18.7 Å². The normalized spacial score (nSPS) is 15.2. The number of aromatic amines is 1. The average molecular weight is 246 g/mol. The van der Waals surface area contributed by atoms with Crippen molar-refractivity contribution in [3.05, 3.63) is 28.7 Å². The van der Waals surface area contributed by atoms with Crippen molar-refractivity contribution in [3.63, 3.8) is 0 Å². The first-order valence-corrected chi connectivity index (χ1v) is 5.95. The Hall–Kier alpha value is -2.24. The molecule has 18 heavy (non-hydrogen) atoms. The van der Waals surface area contributed by atoms with Gasteiger partial charge in [-0.2, -0.15) is 0 Å². The van der Waals surface area contributed by atoms with Crippen molar-refractivity contribution < 1.29 is 4.52 Å². The summed E-state index contributed by atoms with van der Waals surface area (Å²) < 4.78 is 4.51. The van der Waals surface area contributed by atoms with E-state index in [0.717, 1.165) is 30.0 Å². The number of hydrogen-bond donors (Lipinski definition) is 2. The second kappa shape index (κ2) is 4.21. The first-order valence-electron chi connectivity index (χ1n) is 5.95. The number of hydrogen-bond acceptors (Lipinski definition) is 5. The van der Waals surface area contributed by atoms with E-state index in [4.69, 9.17) is 5.73 Å². The summed E-state index contributed by atoms with van der Waals surface area (Å²) in [5.74, 6) is -0.120. The van der Waals surface area contributed by atoms with E-state index in [2.05, 4.69) is 19.6 Å². The van der Waals surface area contributed by atoms with Gasteiger partial charge in [-0.1, -0.05) is 5.16 Å². The Morgan fingerprint density at radius 3 is 2.78 bits per heavy atom. The van der Waals surface area contributed by atoms with E-state index < -0.39 is 5.76 Å². The molecule has 2 heterocycles. The summed E-state index contributed by atoms with van der Waals surface area (Å²) >= 11 is 0. The Bertz CT molecular complexity index is 611. The maximum Gasteiger partial charge on any atom is 0.439 e. The third-order valence-corrected chi connectivity index (χ3v) is 3.19. The van der Waals surface area contributed by atoms with E-state index >= 15 is 0 Å². The highest BCUT2D eigenvalue weighted by molar-refractivity contribution is 5.74. The average Bonchev–Trinajstić information content (AvgIpc) is 3.01. The first-order chi connectivity index (χ1) is 8.74. The predicted octanol–water partition coefficient (Wildman–Crippen LogP) is 1.21. The summed E-state index contributed by atoms with van der Waals surface area (Å²) in [7, 11) is 0. The Morgan fingerprint density at radius 1 is 1.33 bits per heavy atom. The van der Waals surface area contributed by atoms with Gasteiger partial charge in [-0.3, -0.25) is 9.51 Å². The van der Waals surface area contributed by atoms with Crippen LogP contribution in [-0.4, -0.2) is 23.2 Å². The number of aromatic nitrogens is 2. The molecule has 3 N–H and O–H groups in total. The van der Waals surface area contributed by atoms with E-state index in [1.54, 1.807) is 0 Å². The van der Waals surface area contributed by atoms with Gasteiger partial charge in [0.1, 0.15) is 0 Å². The molecular weight excluding hydrogens is 232 g/mol. The van der Waals surface area contributed by atoms with Gasteiger partial charge in [0.25, 0.3) is 0 Å². The third kappa shape index (κ3) is 1.85. The number of nitrogens with one attached hydrogen (secondary N) is 1. The summed E-state index contributed by atoms with van der Waals surface area (Å²) in [6, 6.07) is 5.59. The van der Waals surface area contributed by atoms with Crippen LogP contribution < -0.4 is 16.4 Å². The highest BCUT2D eigenvalue weighted by Gasteiger charge is 2.16. The van der Waals surface area contributed by atoms with E-state index in [1.807, 2.05) is 18.2 Å². The predicted molar refractivity (Wildman–Crippen MR) is 68.4 cm³/mol. The molecular formula is C12H14N4O2. The molecule has 1 aromatic heterocycles. The van der Waals surface area contributed by atoms with Gasteiger partial charge < -0.3 is 10.6 Å². The van der Waals surface area contributed by atoms with Crippen molar-refractivity contribution in [1.29, 1.82) is 0 Å². The Kier molecular flexibility index (Phi) is 2.55. The number of H-pyrrole nitrogens is 1. The molecule has 1 aliphatic heterocycles. The van der Waals surface area contributed by atoms with Crippen LogP contribution in [0.3, 0.4) is 0 Å². The van der Waals surface area contributed by atoms with Gasteiger partial charge in [0.15, 0.2) is 5.82 Å². The monoisotopic (exact) mass is 246 g/mol. The summed E-state index contributed by atoms with van der Waals surface area (Å²) in [4.78, 5) is 15.7. The molecule has 94 valence electrons. The minimum absolute atomic E-state index is 0.431. The van der Waals surface area contributed by atoms with Crippen molar-refractivity contribution in [1.82, 2.24) is 10.1 Å². The van der Waals surface area contributed by atoms with E-state index in [1.165, 1.54) is 12.8 Å². The van der Waals surface area contributed by atoms with Crippen LogP contribution in [0.15, 0.2) is 27.5 Å². The SMILES string of the molecule is Nc1ccc(-c2noc(=O)[nH]2)cc1N1CCCC1. The molecule has 0 radical (unpaired) electrons. The van der Waals surface area contributed by atoms with Crippen LogP contribution >= 0.6 is 0 Å². The van der Waals surface area contributed by atoms with Crippen LogP contribution in [0.5, 0.6) is 0 Å². The molecule has 0 unspecified atom stereocenters. The maximum absolute atomic E-state index is 11.0. The van der Waals surface area contributed by atoms with Gasteiger partial charge >= 0.3 is 5.76 Å². The molecule has 2 aromatic rings. The summed E-state index contributed by atoms with van der Waals surface area (Å²) in [5.41, 5.74) is 8.53. The molecule has 6 heteroatoms. The zero-order valence-corrected chi connectivity index (χ0v) is 9.85. The standard InChI is InChI=1S/C12H14N4O2/c13-9-4-3-8(11-14-12(17)18-15-11)7-10(9)16-5-1-2-6-16/h3-4,7H,1-2,5-6,13H2,(H,14,15,17). The smallest absolute Gasteiger partial charge is 0.397 e. The summed E-state index contributed by atoms with van der Waals surface area (Å²) in [6.07, 6.45) is 2.37. The van der Waals surface area contributed by atoms with Crippen LogP contribution in [0.1, 0.15) is 12.8 Å². The highest BCUT2D eigenvalue weighted by Crippen LogP contribution is 2.30. The van der Waals surface area contributed by atoms with E-state index in [-0.39, 0.29) is 0 Å². The van der Waals surface area contributed by atoms with E-state index in [9.17, 15) is 4.79 Å². The molecule has 0 aliphatic carbocycles. The Labute approximate surface area is 103 Å². The molecule has 6 nitrogen and oxygen atoms in total. The van der Waals surface area contributed by atoms with Gasteiger partial charge in [-0.05, 0) is 31.0 Å². The van der Waals surface area contributed by atoms with Gasteiger partial charge in [-0.15, -0.1) is 0 Å². The molecule has 1 fully saturated rings. The number of nitrogens with two attached hydrogens (primary N) is 1. The van der Waals surface area contributed by atoms with Crippen LogP contribution in [0.4, 0.5) is 11.4 Å². The Balaban J connectivity index is 2.02. The molecule has 0 saturated carbocycles. The number of nitrogen functional groups attached to an aromatic ring is 1. The maximum atomic E-state index is 11.0. The Morgan fingerprint density at radius 2 is 2.11 bits per heavy atom. The van der Waals surface area contributed by atoms with Crippen molar-refractivity contribution in [3.8, 4) is 11.4 Å². The van der Waals surface area contributed by atoms with E-state index in [0.29, 0.717) is 5.82 Å². The van der Waals surface area contributed by atoms with Crippen molar-refractivity contribution in [2.24, 2.45) is 0 Å². The number of benzene rings is 1. The quantitative estimate of drug-likeness (QED) is 0.777. The lowest BCUT2D eigenvalue weighted by Crippen LogP contribution is -2.19. The second-order valence-corrected chi connectivity index (χ2v) is 4.41. The topological polar surface area (TPSA) is 88.1 Å². The van der Waals surface area contributed by atoms with Gasteiger partial charge in [-0.25, -0.2) is 4.79 Å². The van der Waals surface area contributed by atoms with Crippen LogP contribution in [0, 0.1) is 0 Å². The molecule has 0 amide bonds. The lowest BCUT2D eigenvalue weighted by molar-refractivity contribution is 0.388. The zero-order valence-electron chi connectivity index (χ0n) is 9.85. The molecule has 1 aromatic carbocycles. The largest absolute Gasteiger partial charge is 0.439 e. The fourth-order valence-electron chi connectivity index (χ4n) is 2.28. The first kappa shape index (κ1) is 10.9. The second-order valence-electron chi connectivity index (χ2n) is 4.41. The molecule has 0 bridgehead atoms. The third-order valence-electron chi connectivity index (χ3n) is 3.19. The van der Waals surface area contributed by atoms with Crippen molar-refractivity contribution >= 4 is 11.4 Å². The van der Waals surface area contributed by atoms with Crippen LogP contribution in [-0.2, 0) is 0 Å². The van der Waals surface area contributed by atoms with Crippen molar-refractivity contribution in [2.45, 2.75) is 12.8 Å². The van der Waals surface area contributed by atoms with Gasteiger partial charge in [0.05, 0.1) is 11.4 Å². The van der Waals surface area contributed by atoms with Crippen LogP contribution in [0.2, 0.25) is 0 Å². The lowest BCUT2D eigenvalue weighted by Gasteiger charge is -2.20. The fourth-order valence-corrected chi connectivity index (χ4v) is 2.28. The molecule has 1 aliphatic rings. The zero-order chi connectivity index (χ0) is 12.5. The minimum atomic E-state index is -0.551. The van der Waals surface area contributed by atoms with Crippen molar-refractivity contribution in [2.75, 3.05) is 23.7 Å². The fraction of sp³-hybridized carbons (Fsp3) is 0.333. The van der Waals surface area contributed by atoms with Crippen LogP contribution in [0.25, 0.3) is 11.4 Å². The number of anilines is 2. The lowest BCUT2D eigenvalue weighted by atomic mass is 10.1. The number of rotatable bonds is 2. The number of nitrogens with zero attached hydrogens (tertiary/aromatic N) is 2. The summed E-state index contributed by atoms with van der Waals surface area (Å²) in [5, 5.41) is 3.68.